The summed E-state index contributed by atoms with van der Waals surface area (Å²) in [7, 11) is 0. The van der Waals surface area contributed by atoms with Crippen molar-refractivity contribution in [1.82, 2.24) is 0 Å². The van der Waals surface area contributed by atoms with Gasteiger partial charge >= 0.3 is 0 Å². The molecule has 0 aromatic heterocycles. The fourth-order valence-electron chi connectivity index (χ4n) is 1.95. The highest BCUT2D eigenvalue weighted by Gasteiger charge is 2.20. The molecule has 1 aliphatic heterocycles. The van der Waals surface area contributed by atoms with Crippen molar-refractivity contribution >= 4 is 0 Å². The average molecular weight is 214 g/mol. The quantitative estimate of drug-likeness (QED) is 0.670. The molecule has 0 bridgehead atoms. The molecule has 90 valence electrons. The molecule has 0 aromatic rings. The van der Waals surface area contributed by atoms with E-state index in [-0.39, 0.29) is 6.29 Å². The Balaban J connectivity index is 2.17. The van der Waals surface area contributed by atoms with Crippen LogP contribution in [-0.2, 0) is 9.47 Å². The van der Waals surface area contributed by atoms with Crippen LogP contribution in [0.2, 0.25) is 0 Å². The third-order valence-electron chi connectivity index (χ3n) is 3.32. The second-order valence-corrected chi connectivity index (χ2v) is 4.76. The van der Waals surface area contributed by atoms with Gasteiger partial charge in [-0.05, 0) is 38.5 Å². The van der Waals surface area contributed by atoms with Gasteiger partial charge in [-0.25, -0.2) is 0 Å². The Morgan fingerprint density at radius 1 is 1.33 bits per heavy atom. The van der Waals surface area contributed by atoms with Gasteiger partial charge in [0.25, 0.3) is 0 Å². The first-order valence-electron chi connectivity index (χ1n) is 6.51. The standard InChI is InChI=1S/C13H26O2/c1-4-5-8-11(2)12(3)15-13-9-6-7-10-14-13/h11-13H,4-10H2,1-3H3. The summed E-state index contributed by atoms with van der Waals surface area (Å²) in [6.45, 7) is 7.57. The Labute approximate surface area is 94.3 Å². The minimum Gasteiger partial charge on any atom is -0.353 e. The summed E-state index contributed by atoms with van der Waals surface area (Å²) >= 11 is 0. The fourth-order valence-corrected chi connectivity index (χ4v) is 1.95. The van der Waals surface area contributed by atoms with E-state index in [0.29, 0.717) is 12.0 Å². The van der Waals surface area contributed by atoms with Gasteiger partial charge in [0.1, 0.15) is 0 Å². The smallest absolute Gasteiger partial charge is 0.157 e. The van der Waals surface area contributed by atoms with Crippen LogP contribution in [0.4, 0.5) is 0 Å². The van der Waals surface area contributed by atoms with Crippen LogP contribution >= 0.6 is 0 Å². The van der Waals surface area contributed by atoms with Gasteiger partial charge in [-0.15, -0.1) is 0 Å². The summed E-state index contributed by atoms with van der Waals surface area (Å²) in [5.74, 6) is 0.649. The van der Waals surface area contributed by atoms with E-state index in [0.717, 1.165) is 13.0 Å². The molecule has 0 N–H and O–H groups in total. The normalized spacial score (nSPS) is 26.2. The van der Waals surface area contributed by atoms with Gasteiger partial charge in [-0.2, -0.15) is 0 Å². The van der Waals surface area contributed by atoms with Crippen LogP contribution in [0.5, 0.6) is 0 Å². The third-order valence-corrected chi connectivity index (χ3v) is 3.32. The zero-order chi connectivity index (χ0) is 11.1. The monoisotopic (exact) mass is 214 g/mol. The lowest BCUT2D eigenvalue weighted by Crippen LogP contribution is -2.29. The lowest BCUT2D eigenvalue weighted by Gasteiger charge is -2.28. The highest BCUT2D eigenvalue weighted by atomic mass is 16.7. The topological polar surface area (TPSA) is 18.5 Å². The van der Waals surface area contributed by atoms with Crippen molar-refractivity contribution in [1.29, 1.82) is 0 Å². The van der Waals surface area contributed by atoms with E-state index < -0.39 is 0 Å². The minimum atomic E-state index is 0.0674. The first-order chi connectivity index (χ1) is 7.24. The Bertz CT molecular complexity index is 153. The van der Waals surface area contributed by atoms with Crippen molar-refractivity contribution in [3.8, 4) is 0 Å². The maximum Gasteiger partial charge on any atom is 0.157 e. The van der Waals surface area contributed by atoms with E-state index in [2.05, 4.69) is 20.8 Å². The van der Waals surface area contributed by atoms with Gasteiger partial charge in [0.05, 0.1) is 6.10 Å². The van der Waals surface area contributed by atoms with Crippen molar-refractivity contribution in [2.45, 2.75) is 71.7 Å². The fraction of sp³-hybridized carbons (Fsp3) is 1.00. The van der Waals surface area contributed by atoms with Crippen molar-refractivity contribution in [3.05, 3.63) is 0 Å². The molecule has 15 heavy (non-hydrogen) atoms. The van der Waals surface area contributed by atoms with Crippen LogP contribution in [0, 0.1) is 5.92 Å². The van der Waals surface area contributed by atoms with Crippen LogP contribution in [0.1, 0.15) is 59.3 Å². The van der Waals surface area contributed by atoms with E-state index in [1.807, 2.05) is 0 Å². The Morgan fingerprint density at radius 2 is 2.13 bits per heavy atom. The molecular formula is C13H26O2. The summed E-state index contributed by atoms with van der Waals surface area (Å²) in [5, 5.41) is 0. The maximum absolute atomic E-state index is 5.93. The zero-order valence-corrected chi connectivity index (χ0v) is 10.5. The number of hydrogen-bond donors (Lipinski definition) is 0. The van der Waals surface area contributed by atoms with E-state index in [1.165, 1.54) is 32.1 Å². The van der Waals surface area contributed by atoms with Crippen LogP contribution in [0.15, 0.2) is 0 Å². The summed E-state index contributed by atoms with van der Waals surface area (Å²) in [5.41, 5.74) is 0. The number of ether oxygens (including phenoxy) is 2. The molecule has 2 nitrogen and oxygen atoms in total. The predicted octanol–water partition coefficient (Wildman–Crippen LogP) is 3.74. The van der Waals surface area contributed by atoms with Crippen LogP contribution < -0.4 is 0 Å². The predicted molar refractivity (Wildman–Crippen MR) is 62.8 cm³/mol. The number of unbranched alkanes of at least 4 members (excludes halogenated alkanes) is 1. The van der Waals surface area contributed by atoms with Crippen LogP contribution in [0.3, 0.4) is 0 Å². The molecule has 0 radical (unpaired) electrons. The largest absolute Gasteiger partial charge is 0.353 e. The average Bonchev–Trinajstić information content (AvgIpc) is 2.27. The Kier molecular flexibility index (Phi) is 6.26. The Hall–Kier alpha value is -0.0800. The molecule has 0 aromatic carbocycles. The number of rotatable bonds is 6. The lowest BCUT2D eigenvalue weighted by atomic mass is 9.99. The molecule has 0 amide bonds. The number of hydrogen-bond acceptors (Lipinski definition) is 2. The van der Waals surface area contributed by atoms with E-state index in [9.17, 15) is 0 Å². The highest BCUT2D eigenvalue weighted by molar-refractivity contribution is 4.64. The van der Waals surface area contributed by atoms with Crippen molar-refractivity contribution in [2.75, 3.05) is 6.61 Å². The molecule has 0 spiro atoms. The SMILES string of the molecule is CCCCC(C)C(C)OC1CCCCO1. The molecule has 0 saturated carbocycles. The van der Waals surface area contributed by atoms with Gasteiger partial charge in [0.2, 0.25) is 0 Å². The van der Waals surface area contributed by atoms with E-state index >= 15 is 0 Å². The molecule has 1 rings (SSSR count). The van der Waals surface area contributed by atoms with Gasteiger partial charge in [-0.1, -0.05) is 26.7 Å². The van der Waals surface area contributed by atoms with E-state index in [4.69, 9.17) is 9.47 Å². The molecule has 1 fully saturated rings. The molecule has 2 heteroatoms. The summed E-state index contributed by atoms with van der Waals surface area (Å²) < 4.78 is 11.5. The van der Waals surface area contributed by atoms with Gasteiger partial charge < -0.3 is 9.47 Å². The maximum atomic E-state index is 5.93. The van der Waals surface area contributed by atoms with Crippen LogP contribution in [0.25, 0.3) is 0 Å². The summed E-state index contributed by atoms with van der Waals surface area (Å²) in [6, 6.07) is 0. The van der Waals surface area contributed by atoms with Crippen molar-refractivity contribution < 1.29 is 9.47 Å². The summed E-state index contributed by atoms with van der Waals surface area (Å²) in [6.07, 6.45) is 7.77. The second kappa shape index (κ2) is 7.24. The minimum absolute atomic E-state index is 0.0674. The third kappa shape index (κ3) is 4.98. The van der Waals surface area contributed by atoms with Gasteiger partial charge in [-0.3, -0.25) is 0 Å². The first-order valence-corrected chi connectivity index (χ1v) is 6.51. The van der Waals surface area contributed by atoms with Crippen molar-refractivity contribution in [2.24, 2.45) is 5.92 Å². The highest BCUT2D eigenvalue weighted by Crippen LogP contribution is 2.20. The molecule has 3 atom stereocenters. The molecule has 1 heterocycles. The zero-order valence-electron chi connectivity index (χ0n) is 10.5. The molecule has 1 aliphatic rings. The molecule has 0 aliphatic carbocycles. The van der Waals surface area contributed by atoms with Crippen molar-refractivity contribution in [3.63, 3.8) is 0 Å². The van der Waals surface area contributed by atoms with Gasteiger partial charge in [0, 0.05) is 6.61 Å². The molecule has 3 unspecified atom stereocenters. The lowest BCUT2D eigenvalue weighted by molar-refractivity contribution is -0.193. The van der Waals surface area contributed by atoms with Gasteiger partial charge in [0.15, 0.2) is 6.29 Å². The molecule has 1 saturated heterocycles. The Morgan fingerprint density at radius 3 is 2.73 bits per heavy atom. The first kappa shape index (κ1) is 13.0. The summed E-state index contributed by atoms with van der Waals surface area (Å²) in [4.78, 5) is 0. The second-order valence-electron chi connectivity index (χ2n) is 4.76. The van der Waals surface area contributed by atoms with Crippen LogP contribution in [-0.4, -0.2) is 19.0 Å². The molecular weight excluding hydrogens is 188 g/mol. The van der Waals surface area contributed by atoms with E-state index in [1.54, 1.807) is 0 Å².